The van der Waals surface area contributed by atoms with E-state index in [4.69, 9.17) is 19.6 Å². The average Bonchev–Trinajstić information content (AvgIpc) is 3.02. The minimum atomic E-state index is -0.250. The van der Waals surface area contributed by atoms with E-state index < -0.39 is 0 Å². The number of carbonyl (C=O) groups is 2. The fourth-order valence-corrected chi connectivity index (χ4v) is 5.39. The van der Waals surface area contributed by atoms with Crippen molar-refractivity contribution in [2.75, 3.05) is 26.7 Å². The maximum absolute atomic E-state index is 12.8. The summed E-state index contributed by atoms with van der Waals surface area (Å²) < 4.78 is 6.84. The lowest BCUT2D eigenvalue weighted by molar-refractivity contribution is -0.122. The molecule has 1 aromatic heterocycles. The molecule has 2 aromatic rings. The normalized spacial score (nSPS) is 17.3. The number of fused-ring (bicyclic) bond motifs is 2. The van der Waals surface area contributed by atoms with Crippen LogP contribution < -0.4 is 0 Å². The van der Waals surface area contributed by atoms with Crippen LogP contribution in [0.5, 0.6) is 0 Å². The van der Waals surface area contributed by atoms with Crippen LogP contribution in [0.2, 0.25) is 0 Å². The molecule has 7 nitrogen and oxygen atoms in total. The average molecular weight is 547 g/mol. The van der Waals surface area contributed by atoms with Gasteiger partial charge in [0.05, 0.1) is 11.7 Å². The third-order valence-electron chi connectivity index (χ3n) is 6.86. The van der Waals surface area contributed by atoms with Crippen molar-refractivity contribution in [3.63, 3.8) is 0 Å². The van der Waals surface area contributed by atoms with Crippen molar-refractivity contribution >= 4 is 28.5 Å². The van der Waals surface area contributed by atoms with Gasteiger partial charge < -0.3 is 14.7 Å². The first-order valence-corrected chi connectivity index (χ1v) is 13.2. The van der Waals surface area contributed by atoms with Crippen molar-refractivity contribution in [2.45, 2.75) is 64.0 Å². The Morgan fingerprint density at radius 1 is 1.17 bits per heavy atom. The molecule has 0 radical (unpaired) electrons. The second-order valence-corrected chi connectivity index (χ2v) is 10.0. The maximum Gasteiger partial charge on any atom is 0.410 e. The van der Waals surface area contributed by atoms with Crippen LogP contribution in [0.25, 0.3) is 0 Å². The Morgan fingerprint density at radius 3 is 2.57 bits per heavy atom. The number of rotatable bonds is 6. The minimum absolute atomic E-state index is 0.0740. The molecule has 1 heterocycles. The van der Waals surface area contributed by atoms with Crippen molar-refractivity contribution in [1.82, 2.24) is 14.8 Å². The van der Waals surface area contributed by atoms with Gasteiger partial charge in [-0.25, -0.2) is 4.79 Å². The smallest absolute Gasteiger partial charge is 0.410 e. The Hall–Kier alpha value is -2.45. The van der Waals surface area contributed by atoms with Gasteiger partial charge in [0.1, 0.15) is 6.10 Å². The number of carbonyl (C=O) groups excluding carboxylic acids is 1. The van der Waals surface area contributed by atoms with E-state index in [2.05, 4.69) is 58.2 Å². The number of pyridine rings is 1. The van der Waals surface area contributed by atoms with Gasteiger partial charge in [0.15, 0.2) is 0 Å². The Morgan fingerprint density at radius 2 is 1.86 bits per heavy atom. The van der Waals surface area contributed by atoms with Crippen LogP contribution in [0.15, 0.2) is 41.0 Å². The fourth-order valence-electron chi connectivity index (χ4n) is 5.02. The number of hydrogen-bond acceptors (Lipinski definition) is 5. The van der Waals surface area contributed by atoms with Gasteiger partial charge in [-0.2, -0.15) is 0 Å². The van der Waals surface area contributed by atoms with Gasteiger partial charge in [0.2, 0.25) is 0 Å². The predicted molar refractivity (Wildman–Crippen MR) is 140 cm³/mol. The Labute approximate surface area is 216 Å². The van der Waals surface area contributed by atoms with Gasteiger partial charge in [-0.15, -0.1) is 0 Å². The summed E-state index contributed by atoms with van der Waals surface area (Å²) in [6, 6.07) is 11.0. The number of benzene rings is 1. The minimum Gasteiger partial charge on any atom is -0.483 e. The SMILES string of the molecule is CCN(CCN(C)C1c2ccccc2CCc2cc(Br)cnc21)C(=O)OC1CCCCC1.O=CO. The molecule has 0 spiro atoms. The molecule has 35 heavy (non-hydrogen) atoms. The Kier molecular flexibility index (Phi) is 10.5. The third kappa shape index (κ3) is 7.27. The molecule has 8 heteroatoms. The van der Waals surface area contributed by atoms with Crippen LogP contribution in [0.3, 0.4) is 0 Å². The van der Waals surface area contributed by atoms with Crippen LogP contribution in [0, 0.1) is 0 Å². The van der Waals surface area contributed by atoms with E-state index in [-0.39, 0.29) is 24.7 Å². The predicted octanol–water partition coefficient (Wildman–Crippen LogP) is 5.46. The highest BCUT2D eigenvalue weighted by Crippen LogP contribution is 2.35. The highest BCUT2D eigenvalue weighted by molar-refractivity contribution is 9.10. The molecule has 1 fully saturated rings. The van der Waals surface area contributed by atoms with Crippen LogP contribution in [0.1, 0.15) is 67.5 Å². The molecule has 1 atom stereocenters. The summed E-state index contributed by atoms with van der Waals surface area (Å²) in [5, 5.41) is 6.89. The first-order chi connectivity index (χ1) is 17.0. The molecule has 1 unspecified atom stereocenters. The largest absolute Gasteiger partial charge is 0.483 e. The quantitative estimate of drug-likeness (QED) is 0.485. The Bertz CT molecular complexity index is 981. The number of amides is 1. The zero-order valence-corrected chi connectivity index (χ0v) is 22.2. The van der Waals surface area contributed by atoms with Crippen molar-refractivity contribution in [1.29, 1.82) is 0 Å². The second-order valence-electron chi connectivity index (χ2n) is 9.11. The molecule has 1 amide bonds. The standard InChI is InChI=1S/C26H34BrN3O2.CH2O2/c1-3-30(26(31)32-22-10-5-4-6-11-22)16-15-29(2)25-23-12-8-7-9-19(23)13-14-20-17-21(27)18-28-24(20)25;2-1-3/h7-9,12,17-18,22,25H,3-6,10-11,13-16H2,1-2H3;1H,(H,2,3). The second kappa shape index (κ2) is 13.6. The maximum atomic E-state index is 12.8. The third-order valence-corrected chi connectivity index (χ3v) is 7.30. The van der Waals surface area contributed by atoms with E-state index in [1.54, 1.807) is 0 Å². The number of nitrogens with zero attached hydrogens (tertiary/aromatic N) is 3. The van der Waals surface area contributed by atoms with Crippen LogP contribution in [0.4, 0.5) is 4.79 Å². The molecular weight excluding hydrogens is 510 g/mol. The molecule has 2 aliphatic rings. The van der Waals surface area contributed by atoms with Crippen LogP contribution in [-0.4, -0.2) is 65.2 Å². The van der Waals surface area contributed by atoms with E-state index in [9.17, 15) is 4.79 Å². The zero-order chi connectivity index (χ0) is 25.2. The summed E-state index contributed by atoms with van der Waals surface area (Å²) >= 11 is 3.59. The number of aromatic nitrogens is 1. The van der Waals surface area contributed by atoms with Crippen molar-refractivity contribution < 1.29 is 19.4 Å². The summed E-state index contributed by atoms with van der Waals surface area (Å²) in [4.78, 5) is 30.2. The molecular formula is C27H36BrN3O4. The number of likely N-dealkylation sites (N-methyl/N-ethyl adjacent to an activating group) is 2. The fraction of sp³-hybridized carbons (Fsp3) is 0.519. The van der Waals surface area contributed by atoms with Crippen molar-refractivity contribution in [3.05, 3.63) is 63.4 Å². The number of halogens is 1. The zero-order valence-electron chi connectivity index (χ0n) is 20.7. The van der Waals surface area contributed by atoms with Crippen molar-refractivity contribution in [3.8, 4) is 0 Å². The molecule has 190 valence electrons. The van der Waals surface area contributed by atoms with E-state index in [0.29, 0.717) is 13.1 Å². The molecule has 1 saturated carbocycles. The number of ether oxygens (including phenoxy) is 1. The topological polar surface area (TPSA) is 83.0 Å². The lowest BCUT2D eigenvalue weighted by Crippen LogP contribution is -2.40. The summed E-state index contributed by atoms with van der Waals surface area (Å²) in [6.45, 7) is 3.83. The lowest BCUT2D eigenvalue weighted by Gasteiger charge is -2.32. The van der Waals surface area contributed by atoms with Gasteiger partial charge in [0, 0.05) is 30.3 Å². The molecule has 4 rings (SSSR count). The number of hydrogen-bond donors (Lipinski definition) is 1. The molecule has 0 aliphatic heterocycles. The van der Waals surface area contributed by atoms with Crippen molar-refractivity contribution in [2.24, 2.45) is 0 Å². The molecule has 1 aromatic carbocycles. The lowest BCUT2D eigenvalue weighted by atomic mass is 9.97. The Balaban J connectivity index is 0.00000108. The van der Waals surface area contributed by atoms with Gasteiger partial charge in [0.25, 0.3) is 6.47 Å². The highest BCUT2D eigenvalue weighted by Gasteiger charge is 2.29. The van der Waals surface area contributed by atoms with Crippen LogP contribution in [-0.2, 0) is 22.4 Å². The number of aryl methyl sites for hydroxylation is 2. The summed E-state index contributed by atoms with van der Waals surface area (Å²) in [5.74, 6) is 0. The summed E-state index contributed by atoms with van der Waals surface area (Å²) in [6.07, 6.45) is 9.40. The first kappa shape index (κ1) is 27.1. The van der Waals surface area contributed by atoms with Gasteiger partial charge in [-0.3, -0.25) is 14.7 Å². The first-order valence-electron chi connectivity index (χ1n) is 12.4. The summed E-state index contributed by atoms with van der Waals surface area (Å²) in [5.41, 5.74) is 5.10. The molecule has 0 bridgehead atoms. The molecule has 0 saturated heterocycles. The van der Waals surface area contributed by atoms with E-state index >= 15 is 0 Å². The van der Waals surface area contributed by atoms with Gasteiger partial charge in [-0.05, 0) is 91.2 Å². The summed E-state index contributed by atoms with van der Waals surface area (Å²) in [7, 11) is 2.14. The van der Waals surface area contributed by atoms with E-state index in [1.165, 1.54) is 23.1 Å². The molecule has 2 aliphatic carbocycles. The van der Waals surface area contributed by atoms with Gasteiger partial charge in [-0.1, -0.05) is 30.7 Å². The van der Waals surface area contributed by atoms with E-state index in [1.807, 2.05) is 18.0 Å². The van der Waals surface area contributed by atoms with Crippen LogP contribution >= 0.6 is 15.9 Å². The highest BCUT2D eigenvalue weighted by atomic mass is 79.9. The number of carboxylic acid groups (broad SMARTS) is 1. The van der Waals surface area contributed by atoms with Gasteiger partial charge >= 0.3 is 6.09 Å². The monoisotopic (exact) mass is 545 g/mol. The van der Waals surface area contributed by atoms with E-state index in [0.717, 1.165) is 55.2 Å². The molecule has 1 N–H and O–H groups in total.